The standard InChI is InChI=1S/C31H23N3O2/c1-3-16-33-18(2)24(19-10-8-9-15-25(19)33)17-32-34-30(35)28-26-20-11-4-5-12-21(20)27(29(28)31(34)36)23-14-7-6-13-22(23)26/h1,4-15,17,26-29H,16H2,2H3/b32-17-/t26?,27?,28-,29-/m1/s1. The quantitative estimate of drug-likeness (QED) is 0.246. The third-order valence-electron chi connectivity index (χ3n) is 8.26. The molecule has 8 rings (SSSR count). The van der Waals surface area contributed by atoms with Gasteiger partial charge >= 0.3 is 0 Å². The molecule has 2 atom stereocenters. The van der Waals surface area contributed by atoms with Crippen molar-refractivity contribution in [3.8, 4) is 12.3 Å². The highest BCUT2D eigenvalue weighted by atomic mass is 16.2. The van der Waals surface area contributed by atoms with E-state index in [0.29, 0.717) is 6.54 Å². The molecule has 174 valence electrons. The van der Waals surface area contributed by atoms with Gasteiger partial charge < -0.3 is 4.57 Å². The van der Waals surface area contributed by atoms with Crippen molar-refractivity contribution >= 4 is 28.9 Å². The summed E-state index contributed by atoms with van der Waals surface area (Å²) in [4.78, 5) is 27.6. The van der Waals surface area contributed by atoms with Crippen molar-refractivity contribution in [1.29, 1.82) is 0 Å². The Kier molecular flexibility index (Phi) is 4.37. The molecule has 0 N–H and O–H groups in total. The van der Waals surface area contributed by atoms with Crippen LogP contribution in [0.25, 0.3) is 10.9 Å². The fraction of sp³-hybridized carbons (Fsp3) is 0.194. The van der Waals surface area contributed by atoms with Crippen molar-refractivity contribution in [2.24, 2.45) is 16.9 Å². The Morgan fingerprint density at radius 3 is 1.86 bits per heavy atom. The normalized spacial score (nSPS) is 23.7. The summed E-state index contributed by atoms with van der Waals surface area (Å²) in [6.45, 7) is 2.42. The van der Waals surface area contributed by atoms with E-state index in [4.69, 9.17) is 6.42 Å². The number of amides is 2. The van der Waals surface area contributed by atoms with Gasteiger partial charge in [-0.3, -0.25) is 9.59 Å². The van der Waals surface area contributed by atoms with E-state index >= 15 is 0 Å². The number of para-hydroxylation sites is 1. The van der Waals surface area contributed by atoms with Crippen LogP contribution in [0.4, 0.5) is 0 Å². The maximum absolute atomic E-state index is 13.8. The van der Waals surface area contributed by atoms with Gasteiger partial charge in [-0.05, 0) is 35.2 Å². The van der Waals surface area contributed by atoms with E-state index < -0.39 is 11.8 Å². The van der Waals surface area contributed by atoms with Gasteiger partial charge in [0, 0.05) is 34.0 Å². The molecule has 5 heteroatoms. The number of aromatic nitrogens is 1. The lowest BCUT2D eigenvalue weighted by atomic mass is 9.55. The highest BCUT2D eigenvalue weighted by Crippen LogP contribution is 2.60. The largest absolute Gasteiger partial charge is 0.333 e. The fourth-order valence-electron chi connectivity index (χ4n) is 6.81. The molecule has 1 aromatic heterocycles. The van der Waals surface area contributed by atoms with Crippen molar-refractivity contribution in [3.63, 3.8) is 0 Å². The van der Waals surface area contributed by atoms with Gasteiger partial charge in [-0.25, -0.2) is 0 Å². The Balaban J connectivity index is 1.33. The number of nitrogens with zero attached hydrogens (tertiary/aromatic N) is 3. The molecule has 0 saturated carbocycles. The van der Waals surface area contributed by atoms with Gasteiger partial charge in [0.25, 0.3) is 11.8 Å². The molecule has 3 aromatic carbocycles. The molecule has 36 heavy (non-hydrogen) atoms. The highest BCUT2D eigenvalue weighted by Gasteiger charge is 2.61. The minimum atomic E-state index is -0.437. The van der Waals surface area contributed by atoms with Gasteiger partial charge in [-0.15, -0.1) is 6.42 Å². The molecule has 3 aliphatic carbocycles. The van der Waals surface area contributed by atoms with Gasteiger partial charge in [0.15, 0.2) is 0 Å². The summed E-state index contributed by atoms with van der Waals surface area (Å²) in [7, 11) is 0. The first-order valence-corrected chi connectivity index (χ1v) is 12.2. The number of imide groups is 1. The van der Waals surface area contributed by atoms with E-state index in [2.05, 4.69) is 39.9 Å². The smallest absolute Gasteiger partial charge is 0.254 e. The second-order valence-electron chi connectivity index (χ2n) is 9.80. The first kappa shape index (κ1) is 20.9. The number of carbonyl (C=O) groups is 2. The fourth-order valence-corrected chi connectivity index (χ4v) is 6.81. The molecule has 1 saturated heterocycles. The van der Waals surface area contributed by atoms with Crippen molar-refractivity contribution in [2.75, 3.05) is 0 Å². The minimum Gasteiger partial charge on any atom is -0.333 e. The van der Waals surface area contributed by atoms with Crippen LogP contribution in [0.2, 0.25) is 0 Å². The Hall–Kier alpha value is -4.43. The first-order valence-electron chi connectivity index (χ1n) is 12.2. The Morgan fingerprint density at radius 2 is 1.33 bits per heavy atom. The van der Waals surface area contributed by atoms with Crippen molar-refractivity contribution in [2.45, 2.75) is 25.3 Å². The maximum atomic E-state index is 13.8. The van der Waals surface area contributed by atoms with Crippen LogP contribution in [0, 0.1) is 31.1 Å². The third kappa shape index (κ3) is 2.59. The molecule has 2 amide bonds. The lowest BCUT2D eigenvalue weighted by Gasteiger charge is -2.45. The van der Waals surface area contributed by atoms with Crippen LogP contribution < -0.4 is 0 Å². The summed E-state index contributed by atoms with van der Waals surface area (Å²) in [6, 6.07) is 24.4. The zero-order chi connectivity index (χ0) is 24.6. The number of fused-ring (bicyclic) bond motifs is 1. The van der Waals surface area contributed by atoms with E-state index in [-0.39, 0.29) is 23.7 Å². The number of terminal acetylenes is 1. The number of carbonyl (C=O) groups excluding carboxylic acids is 2. The van der Waals surface area contributed by atoms with E-state index in [1.165, 1.54) is 0 Å². The summed E-state index contributed by atoms with van der Waals surface area (Å²) in [5, 5.41) is 6.65. The average Bonchev–Trinajstić information content (AvgIpc) is 3.33. The summed E-state index contributed by atoms with van der Waals surface area (Å²) in [6.07, 6.45) is 7.26. The summed E-state index contributed by atoms with van der Waals surface area (Å²) < 4.78 is 2.05. The van der Waals surface area contributed by atoms with Crippen molar-refractivity contribution < 1.29 is 9.59 Å². The van der Waals surface area contributed by atoms with Crippen molar-refractivity contribution in [1.82, 2.24) is 9.58 Å². The number of hydrogen-bond acceptors (Lipinski definition) is 3. The second-order valence-corrected chi connectivity index (χ2v) is 9.80. The lowest BCUT2D eigenvalue weighted by Crippen LogP contribution is -2.41. The number of rotatable bonds is 3. The molecule has 4 aliphatic rings. The zero-order valence-corrected chi connectivity index (χ0v) is 19.8. The molecule has 2 bridgehead atoms. The van der Waals surface area contributed by atoms with Gasteiger partial charge in [-0.1, -0.05) is 72.7 Å². The maximum Gasteiger partial charge on any atom is 0.254 e. The Morgan fingerprint density at radius 1 is 0.833 bits per heavy atom. The number of hydrogen-bond donors (Lipinski definition) is 0. The van der Waals surface area contributed by atoms with Crippen LogP contribution in [-0.4, -0.2) is 27.6 Å². The summed E-state index contributed by atoms with van der Waals surface area (Å²) in [5.41, 5.74) is 7.45. The highest BCUT2D eigenvalue weighted by molar-refractivity contribution is 6.09. The summed E-state index contributed by atoms with van der Waals surface area (Å²) >= 11 is 0. The van der Waals surface area contributed by atoms with Crippen LogP contribution in [0.5, 0.6) is 0 Å². The monoisotopic (exact) mass is 469 g/mol. The van der Waals surface area contributed by atoms with Crippen LogP contribution in [0.15, 0.2) is 77.9 Å². The predicted octanol–water partition coefficient (Wildman–Crippen LogP) is 4.81. The average molecular weight is 470 g/mol. The van der Waals surface area contributed by atoms with Gasteiger partial charge in [0.1, 0.15) is 0 Å². The molecule has 0 spiro atoms. The SMILES string of the molecule is C#CCn1c(C)c(/C=N\N2C(=O)[C@@H]3C4c5ccccc5C(c5ccccc54)[C@H]3C2=O)c2ccccc21. The van der Waals surface area contributed by atoms with E-state index in [0.717, 1.165) is 49.4 Å². The molecule has 1 fully saturated rings. The first-order chi connectivity index (χ1) is 17.6. The molecule has 4 aromatic rings. The number of benzene rings is 3. The predicted molar refractivity (Wildman–Crippen MR) is 139 cm³/mol. The van der Waals surface area contributed by atoms with Gasteiger partial charge in [0.2, 0.25) is 0 Å². The Bertz CT molecular complexity index is 1560. The van der Waals surface area contributed by atoms with E-state index in [9.17, 15) is 9.59 Å². The van der Waals surface area contributed by atoms with Gasteiger partial charge in [0.05, 0.1) is 24.6 Å². The van der Waals surface area contributed by atoms with Crippen LogP contribution in [-0.2, 0) is 16.1 Å². The van der Waals surface area contributed by atoms with Crippen LogP contribution >= 0.6 is 0 Å². The zero-order valence-electron chi connectivity index (χ0n) is 19.8. The van der Waals surface area contributed by atoms with Gasteiger partial charge in [-0.2, -0.15) is 10.1 Å². The molecule has 0 unspecified atom stereocenters. The minimum absolute atomic E-state index is 0.136. The third-order valence-corrected chi connectivity index (χ3v) is 8.26. The summed E-state index contributed by atoms with van der Waals surface area (Å²) in [5.74, 6) is 1.13. The molecule has 1 aliphatic heterocycles. The Labute approximate surface area is 209 Å². The topological polar surface area (TPSA) is 54.7 Å². The number of hydrazone groups is 1. The molecule has 0 radical (unpaired) electrons. The lowest BCUT2D eigenvalue weighted by molar-refractivity contribution is -0.139. The van der Waals surface area contributed by atoms with Crippen LogP contribution in [0.3, 0.4) is 0 Å². The molecular weight excluding hydrogens is 446 g/mol. The van der Waals surface area contributed by atoms with E-state index in [1.807, 2.05) is 55.5 Å². The second kappa shape index (κ2) is 7.53. The molecular formula is C31H23N3O2. The molecule has 2 heterocycles. The van der Waals surface area contributed by atoms with E-state index in [1.54, 1.807) is 6.21 Å². The molecule has 5 nitrogen and oxygen atoms in total. The van der Waals surface area contributed by atoms with Crippen LogP contribution in [0.1, 0.15) is 45.3 Å². The van der Waals surface area contributed by atoms with Crippen molar-refractivity contribution in [3.05, 3.63) is 106 Å².